The highest BCUT2D eigenvalue weighted by atomic mass is 16.5. The van der Waals surface area contributed by atoms with Crippen molar-refractivity contribution in [3.05, 3.63) is 34.9 Å². The molecule has 4 heteroatoms. The Kier molecular flexibility index (Phi) is 6.60. The lowest BCUT2D eigenvalue weighted by Gasteiger charge is -2.30. The van der Waals surface area contributed by atoms with Crippen LogP contribution in [0.3, 0.4) is 0 Å². The van der Waals surface area contributed by atoms with E-state index in [-0.39, 0.29) is 18.3 Å². The molecule has 0 fully saturated rings. The van der Waals surface area contributed by atoms with E-state index < -0.39 is 5.54 Å². The molecule has 0 radical (unpaired) electrons. The molecule has 0 aliphatic carbocycles. The Balaban J connectivity index is 2.85. The van der Waals surface area contributed by atoms with Crippen LogP contribution < -0.4 is 5.32 Å². The largest absolute Gasteiger partial charge is 0.464 e. The number of rotatable bonds is 7. The number of hydrogen-bond acceptors (Lipinski definition) is 3. The maximum absolute atomic E-state index is 12.4. The first-order chi connectivity index (χ1) is 10.4. The van der Waals surface area contributed by atoms with Crippen LogP contribution in [0.25, 0.3) is 0 Å². The highest BCUT2D eigenvalue weighted by molar-refractivity contribution is 5.89. The molecule has 0 saturated heterocycles. The molecule has 0 saturated carbocycles. The summed E-state index contributed by atoms with van der Waals surface area (Å²) in [5.74, 6) is -0.502. The fourth-order valence-corrected chi connectivity index (χ4v) is 2.56. The smallest absolute Gasteiger partial charge is 0.331 e. The number of carbonyl (C=O) groups excluding carboxylic acids is 2. The number of benzene rings is 1. The maximum atomic E-state index is 12.4. The molecule has 1 aromatic carbocycles. The lowest BCUT2D eigenvalue weighted by atomic mass is 9.92. The van der Waals surface area contributed by atoms with Gasteiger partial charge in [0, 0.05) is 0 Å². The van der Waals surface area contributed by atoms with Gasteiger partial charge in [0.25, 0.3) is 0 Å². The van der Waals surface area contributed by atoms with E-state index in [0.29, 0.717) is 19.4 Å². The van der Waals surface area contributed by atoms with E-state index in [1.54, 1.807) is 6.92 Å². The lowest BCUT2D eigenvalue weighted by molar-refractivity contribution is -0.153. The third-order valence-corrected chi connectivity index (χ3v) is 4.10. The molecular formula is C18H27NO3. The van der Waals surface area contributed by atoms with Gasteiger partial charge in [-0.2, -0.15) is 0 Å². The lowest BCUT2D eigenvalue weighted by Crippen LogP contribution is -2.55. The van der Waals surface area contributed by atoms with Crippen LogP contribution in [0, 0.1) is 13.8 Å². The van der Waals surface area contributed by atoms with Crippen molar-refractivity contribution in [3.8, 4) is 0 Å². The summed E-state index contributed by atoms with van der Waals surface area (Å²) in [6.07, 6.45) is 1.30. The SMILES string of the molecule is CCOC(=O)C(CC)(CC)NC(=O)Cc1ccc(C)cc1C. The second kappa shape index (κ2) is 7.97. The Hall–Kier alpha value is -1.84. The van der Waals surface area contributed by atoms with Gasteiger partial charge in [-0.15, -0.1) is 0 Å². The number of aryl methyl sites for hydroxylation is 2. The van der Waals surface area contributed by atoms with E-state index in [0.717, 1.165) is 11.1 Å². The van der Waals surface area contributed by atoms with Crippen molar-refractivity contribution >= 4 is 11.9 Å². The van der Waals surface area contributed by atoms with Crippen LogP contribution >= 0.6 is 0 Å². The third kappa shape index (κ3) is 4.33. The van der Waals surface area contributed by atoms with Crippen molar-refractivity contribution in [3.63, 3.8) is 0 Å². The zero-order valence-electron chi connectivity index (χ0n) is 14.3. The van der Waals surface area contributed by atoms with Gasteiger partial charge in [0.1, 0.15) is 5.54 Å². The molecule has 0 unspecified atom stereocenters. The summed E-state index contributed by atoms with van der Waals surface area (Å²) in [5, 5.41) is 2.89. The molecular weight excluding hydrogens is 278 g/mol. The zero-order valence-corrected chi connectivity index (χ0v) is 14.3. The van der Waals surface area contributed by atoms with Crippen LogP contribution in [0.5, 0.6) is 0 Å². The first-order valence-corrected chi connectivity index (χ1v) is 7.92. The molecule has 1 N–H and O–H groups in total. The van der Waals surface area contributed by atoms with E-state index in [2.05, 4.69) is 11.4 Å². The van der Waals surface area contributed by atoms with Gasteiger partial charge in [0.15, 0.2) is 0 Å². The van der Waals surface area contributed by atoms with Gasteiger partial charge in [-0.3, -0.25) is 4.79 Å². The van der Waals surface area contributed by atoms with E-state index in [1.165, 1.54) is 5.56 Å². The first kappa shape index (κ1) is 18.2. The Labute approximate surface area is 133 Å². The number of carbonyl (C=O) groups is 2. The Morgan fingerprint density at radius 1 is 1.14 bits per heavy atom. The minimum absolute atomic E-state index is 0.149. The fraction of sp³-hybridized carbons (Fsp3) is 0.556. The van der Waals surface area contributed by atoms with E-state index in [1.807, 2.05) is 39.8 Å². The van der Waals surface area contributed by atoms with Gasteiger partial charge in [0.2, 0.25) is 5.91 Å². The van der Waals surface area contributed by atoms with Crippen molar-refractivity contribution in [1.29, 1.82) is 0 Å². The van der Waals surface area contributed by atoms with Gasteiger partial charge < -0.3 is 10.1 Å². The molecule has 1 aromatic rings. The average Bonchev–Trinajstić information content (AvgIpc) is 2.48. The molecule has 0 bridgehead atoms. The zero-order chi connectivity index (χ0) is 16.8. The summed E-state index contributed by atoms with van der Waals surface area (Å²) in [4.78, 5) is 24.6. The molecule has 0 aromatic heterocycles. The van der Waals surface area contributed by atoms with Crippen molar-refractivity contribution < 1.29 is 14.3 Å². The minimum atomic E-state index is -0.925. The molecule has 1 amide bonds. The quantitative estimate of drug-likeness (QED) is 0.788. The number of amides is 1. The number of esters is 1. The van der Waals surface area contributed by atoms with Crippen LogP contribution in [0.1, 0.15) is 50.3 Å². The average molecular weight is 305 g/mol. The Morgan fingerprint density at radius 3 is 2.27 bits per heavy atom. The first-order valence-electron chi connectivity index (χ1n) is 7.92. The van der Waals surface area contributed by atoms with Crippen molar-refractivity contribution in [2.75, 3.05) is 6.61 Å². The molecule has 122 valence electrons. The summed E-state index contributed by atoms with van der Waals surface area (Å²) in [6.45, 7) is 9.87. The maximum Gasteiger partial charge on any atom is 0.331 e. The summed E-state index contributed by atoms with van der Waals surface area (Å²) in [5.41, 5.74) is 2.31. The predicted octanol–water partition coefficient (Wildman–Crippen LogP) is 3.08. The normalized spacial score (nSPS) is 11.1. The summed E-state index contributed by atoms with van der Waals surface area (Å²) >= 11 is 0. The molecule has 0 heterocycles. The minimum Gasteiger partial charge on any atom is -0.464 e. The molecule has 0 aliphatic rings. The number of hydrogen-bond donors (Lipinski definition) is 1. The second-order valence-corrected chi connectivity index (χ2v) is 5.66. The Bertz CT molecular complexity index is 533. The van der Waals surface area contributed by atoms with Crippen molar-refractivity contribution in [2.45, 2.75) is 59.4 Å². The van der Waals surface area contributed by atoms with Crippen LogP contribution in [0.2, 0.25) is 0 Å². The molecule has 0 atom stereocenters. The van der Waals surface area contributed by atoms with Gasteiger partial charge in [-0.25, -0.2) is 4.79 Å². The van der Waals surface area contributed by atoms with E-state index in [4.69, 9.17) is 4.74 Å². The Morgan fingerprint density at radius 2 is 1.77 bits per heavy atom. The molecule has 4 nitrogen and oxygen atoms in total. The summed E-state index contributed by atoms with van der Waals surface area (Å²) in [6, 6.07) is 6.02. The van der Waals surface area contributed by atoms with Crippen LogP contribution in [0.15, 0.2) is 18.2 Å². The number of nitrogens with one attached hydrogen (secondary N) is 1. The standard InChI is InChI=1S/C18H27NO3/c1-6-18(7-2,17(21)22-8-3)19-16(20)12-15-10-9-13(4)11-14(15)5/h9-11H,6-8,12H2,1-5H3,(H,19,20). The van der Waals surface area contributed by atoms with Gasteiger partial charge in [0.05, 0.1) is 13.0 Å². The number of ether oxygens (including phenoxy) is 1. The van der Waals surface area contributed by atoms with E-state index in [9.17, 15) is 9.59 Å². The predicted molar refractivity (Wildman–Crippen MR) is 87.7 cm³/mol. The van der Waals surface area contributed by atoms with Gasteiger partial charge in [-0.1, -0.05) is 37.6 Å². The molecule has 0 spiro atoms. The van der Waals surface area contributed by atoms with Crippen molar-refractivity contribution in [2.24, 2.45) is 0 Å². The van der Waals surface area contributed by atoms with Gasteiger partial charge in [-0.05, 0) is 44.7 Å². The summed E-state index contributed by atoms with van der Waals surface area (Å²) < 4.78 is 5.13. The molecule has 22 heavy (non-hydrogen) atoms. The topological polar surface area (TPSA) is 55.4 Å². The van der Waals surface area contributed by atoms with Gasteiger partial charge >= 0.3 is 5.97 Å². The van der Waals surface area contributed by atoms with Crippen LogP contribution in [-0.4, -0.2) is 24.0 Å². The van der Waals surface area contributed by atoms with Crippen molar-refractivity contribution in [1.82, 2.24) is 5.32 Å². The van der Waals surface area contributed by atoms with Crippen LogP contribution in [-0.2, 0) is 20.7 Å². The molecule has 1 rings (SSSR count). The second-order valence-electron chi connectivity index (χ2n) is 5.66. The van der Waals surface area contributed by atoms with Crippen LogP contribution in [0.4, 0.5) is 0 Å². The fourth-order valence-electron chi connectivity index (χ4n) is 2.56. The summed E-state index contributed by atoms with van der Waals surface area (Å²) in [7, 11) is 0. The third-order valence-electron chi connectivity index (χ3n) is 4.10. The highest BCUT2D eigenvalue weighted by Gasteiger charge is 2.37. The monoisotopic (exact) mass is 305 g/mol. The molecule has 0 aliphatic heterocycles. The van der Waals surface area contributed by atoms with E-state index >= 15 is 0 Å². The highest BCUT2D eigenvalue weighted by Crippen LogP contribution is 2.18.